The van der Waals surface area contributed by atoms with E-state index in [1.165, 1.54) is 18.4 Å². The number of hydrogen-bond acceptors (Lipinski definition) is 8. The van der Waals surface area contributed by atoms with E-state index in [1.54, 1.807) is 32.4 Å². The minimum absolute atomic E-state index is 0.183. The van der Waals surface area contributed by atoms with Crippen LogP contribution in [0.15, 0.2) is 42.5 Å². The van der Waals surface area contributed by atoms with Crippen LogP contribution in [0, 0.1) is 5.92 Å². The molecule has 1 heterocycles. The van der Waals surface area contributed by atoms with Gasteiger partial charge in [-0.25, -0.2) is 4.79 Å². The Morgan fingerprint density at radius 1 is 0.882 bits per heavy atom. The quantitative estimate of drug-likeness (QED) is 0.418. The lowest BCUT2D eigenvalue weighted by Gasteiger charge is -2.21. The van der Waals surface area contributed by atoms with E-state index in [0.717, 1.165) is 11.3 Å². The third-order valence-corrected chi connectivity index (χ3v) is 5.77. The molecule has 0 aliphatic carbocycles. The Bertz CT molecular complexity index is 1130. The molecule has 11 heteroatoms. The highest BCUT2D eigenvalue weighted by atomic mass is 32.1. The summed E-state index contributed by atoms with van der Waals surface area (Å²) in [5.41, 5.74) is 1.29. The molecule has 2 aromatic carbocycles. The Hall–Kier alpha value is -3.86. The van der Waals surface area contributed by atoms with Crippen molar-refractivity contribution in [3.63, 3.8) is 0 Å². The van der Waals surface area contributed by atoms with Crippen molar-refractivity contribution in [2.24, 2.45) is 5.92 Å². The molecule has 3 rings (SSSR count). The van der Waals surface area contributed by atoms with Gasteiger partial charge in [-0.05, 0) is 42.3 Å². The number of rotatable bonds is 9. The van der Waals surface area contributed by atoms with Gasteiger partial charge in [-0.15, -0.1) is 10.2 Å². The first-order chi connectivity index (χ1) is 16.3. The van der Waals surface area contributed by atoms with Gasteiger partial charge in [-0.2, -0.15) is 0 Å². The van der Waals surface area contributed by atoms with Gasteiger partial charge >= 0.3 is 6.03 Å². The SMILES string of the molecule is COc1ccc(-c2nnc(NC(=O)C(NC(=O)Nc3ccc(OC)cc3OC)C(C)C)s2)cc1. The summed E-state index contributed by atoms with van der Waals surface area (Å²) >= 11 is 1.24. The molecule has 1 aromatic heterocycles. The summed E-state index contributed by atoms with van der Waals surface area (Å²) in [5.74, 6) is 1.17. The maximum atomic E-state index is 12.9. The number of ether oxygens (including phenoxy) is 3. The first kappa shape index (κ1) is 24.8. The van der Waals surface area contributed by atoms with Gasteiger partial charge in [0.2, 0.25) is 11.0 Å². The van der Waals surface area contributed by atoms with Crippen LogP contribution in [0.3, 0.4) is 0 Å². The highest BCUT2D eigenvalue weighted by Crippen LogP contribution is 2.29. The van der Waals surface area contributed by atoms with E-state index < -0.39 is 18.0 Å². The van der Waals surface area contributed by atoms with Crippen LogP contribution in [0.4, 0.5) is 15.6 Å². The Morgan fingerprint density at radius 2 is 1.56 bits per heavy atom. The second-order valence-electron chi connectivity index (χ2n) is 7.52. The van der Waals surface area contributed by atoms with Crippen molar-refractivity contribution in [1.29, 1.82) is 0 Å². The minimum atomic E-state index is -0.808. The zero-order valence-electron chi connectivity index (χ0n) is 19.5. The zero-order chi connectivity index (χ0) is 24.7. The molecule has 1 unspecified atom stereocenters. The fraction of sp³-hybridized carbons (Fsp3) is 0.304. The number of aromatic nitrogens is 2. The molecule has 0 spiro atoms. The molecule has 0 aliphatic heterocycles. The van der Waals surface area contributed by atoms with Crippen LogP contribution in [0.2, 0.25) is 0 Å². The summed E-state index contributed by atoms with van der Waals surface area (Å²) in [6.45, 7) is 3.67. The van der Waals surface area contributed by atoms with Crippen molar-refractivity contribution in [1.82, 2.24) is 15.5 Å². The number of carbonyl (C=O) groups is 2. The second kappa shape index (κ2) is 11.3. The lowest BCUT2D eigenvalue weighted by atomic mass is 10.0. The van der Waals surface area contributed by atoms with E-state index in [1.807, 2.05) is 38.1 Å². The van der Waals surface area contributed by atoms with E-state index in [9.17, 15) is 9.59 Å². The van der Waals surface area contributed by atoms with Gasteiger partial charge in [0.15, 0.2) is 0 Å². The Labute approximate surface area is 201 Å². The van der Waals surface area contributed by atoms with E-state index in [-0.39, 0.29) is 5.92 Å². The lowest BCUT2D eigenvalue weighted by Crippen LogP contribution is -2.48. The Balaban J connectivity index is 1.65. The van der Waals surface area contributed by atoms with Gasteiger partial charge in [0.25, 0.3) is 0 Å². The van der Waals surface area contributed by atoms with E-state index >= 15 is 0 Å². The molecule has 0 saturated carbocycles. The number of carbonyl (C=O) groups excluding carboxylic acids is 2. The van der Waals surface area contributed by atoms with Crippen molar-refractivity contribution in [2.45, 2.75) is 19.9 Å². The van der Waals surface area contributed by atoms with Crippen LogP contribution < -0.4 is 30.2 Å². The summed E-state index contributed by atoms with van der Waals surface area (Å²) in [7, 11) is 4.63. The monoisotopic (exact) mass is 485 g/mol. The van der Waals surface area contributed by atoms with Crippen LogP contribution in [0.5, 0.6) is 17.2 Å². The Kier molecular flexibility index (Phi) is 8.25. The molecule has 0 aliphatic rings. The molecule has 1 atom stereocenters. The van der Waals surface area contributed by atoms with Crippen LogP contribution in [-0.2, 0) is 4.79 Å². The lowest BCUT2D eigenvalue weighted by molar-refractivity contribution is -0.118. The van der Waals surface area contributed by atoms with E-state index in [0.29, 0.717) is 27.3 Å². The van der Waals surface area contributed by atoms with Gasteiger partial charge in [0.1, 0.15) is 28.3 Å². The first-order valence-corrected chi connectivity index (χ1v) is 11.2. The number of urea groups is 1. The molecule has 0 radical (unpaired) electrons. The molecule has 3 N–H and O–H groups in total. The highest BCUT2D eigenvalue weighted by molar-refractivity contribution is 7.18. The number of nitrogens with zero attached hydrogens (tertiary/aromatic N) is 2. The molecule has 34 heavy (non-hydrogen) atoms. The summed E-state index contributed by atoms with van der Waals surface area (Å²) in [4.78, 5) is 25.5. The van der Waals surface area contributed by atoms with Gasteiger partial charge in [0.05, 0.1) is 27.0 Å². The van der Waals surface area contributed by atoms with Crippen molar-refractivity contribution in [3.05, 3.63) is 42.5 Å². The summed E-state index contributed by atoms with van der Waals surface area (Å²) in [6.07, 6.45) is 0. The van der Waals surface area contributed by atoms with Crippen LogP contribution in [-0.4, -0.2) is 49.5 Å². The smallest absolute Gasteiger partial charge is 0.320 e. The largest absolute Gasteiger partial charge is 0.497 e. The van der Waals surface area contributed by atoms with Gasteiger partial charge < -0.3 is 24.8 Å². The van der Waals surface area contributed by atoms with Crippen molar-refractivity contribution >= 4 is 34.1 Å². The van der Waals surface area contributed by atoms with Crippen LogP contribution >= 0.6 is 11.3 Å². The molecule has 0 bridgehead atoms. The number of hydrogen-bond donors (Lipinski definition) is 3. The third-order valence-electron chi connectivity index (χ3n) is 4.88. The second-order valence-corrected chi connectivity index (χ2v) is 8.49. The van der Waals surface area contributed by atoms with E-state index in [2.05, 4.69) is 26.1 Å². The standard InChI is InChI=1S/C23H27N5O5S/c1-13(2)19(25-22(30)24-17-11-10-16(32-4)12-18(17)33-5)20(29)26-23-28-27-21(34-23)14-6-8-15(31-3)9-7-14/h6-13,19H,1-5H3,(H2,24,25,30)(H,26,28,29). The number of nitrogens with one attached hydrogen (secondary N) is 3. The molecule has 0 saturated heterocycles. The van der Waals surface area contributed by atoms with Gasteiger partial charge in [-0.3, -0.25) is 10.1 Å². The van der Waals surface area contributed by atoms with Gasteiger partial charge in [0, 0.05) is 11.6 Å². The fourth-order valence-corrected chi connectivity index (χ4v) is 3.80. The maximum Gasteiger partial charge on any atom is 0.320 e. The summed E-state index contributed by atoms with van der Waals surface area (Å²) in [6, 6.07) is 11.0. The predicted molar refractivity (Wildman–Crippen MR) is 131 cm³/mol. The van der Waals surface area contributed by atoms with Crippen molar-refractivity contribution in [2.75, 3.05) is 32.0 Å². The molecule has 180 valence electrons. The molecular formula is C23H27N5O5S. The van der Waals surface area contributed by atoms with E-state index in [4.69, 9.17) is 14.2 Å². The van der Waals surface area contributed by atoms with Crippen molar-refractivity contribution < 1.29 is 23.8 Å². The average Bonchev–Trinajstić information content (AvgIpc) is 3.30. The molecule has 3 aromatic rings. The topological polar surface area (TPSA) is 124 Å². The first-order valence-electron chi connectivity index (χ1n) is 10.4. The Morgan fingerprint density at radius 3 is 2.18 bits per heavy atom. The maximum absolute atomic E-state index is 12.9. The molecular weight excluding hydrogens is 458 g/mol. The number of benzene rings is 2. The number of methoxy groups -OCH3 is 3. The van der Waals surface area contributed by atoms with Crippen LogP contribution in [0.25, 0.3) is 10.6 Å². The highest BCUT2D eigenvalue weighted by Gasteiger charge is 2.26. The third kappa shape index (κ3) is 6.13. The average molecular weight is 486 g/mol. The summed E-state index contributed by atoms with van der Waals surface area (Å²) < 4.78 is 15.6. The predicted octanol–water partition coefficient (Wildman–Crippen LogP) is 4.02. The van der Waals surface area contributed by atoms with Gasteiger partial charge in [-0.1, -0.05) is 25.2 Å². The normalized spacial score (nSPS) is 11.5. The van der Waals surface area contributed by atoms with Crippen molar-refractivity contribution in [3.8, 4) is 27.8 Å². The minimum Gasteiger partial charge on any atom is -0.497 e. The molecule has 0 fully saturated rings. The zero-order valence-corrected chi connectivity index (χ0v) is 20.4. The van der Waals surface area contributed by atoms with Crippen LogP contribution in [0.1, 0.15) is 13.8 Å². The number of anilines is 2. The summed E-state index contributed by atoms with van der Waals surface area (Å²) in [5, 5.41) is 17.3. The molecule has 3 amide bonds. The fourth-order valence-electron chi connectivity index (χ4n) is 3.04. The molecule has 10 nitrogen and oxygen atoms in total. The number of amides is 3.